The lowest BCUT2D eigenvalue weighted by Crippen LogP contribution is -2.27. The molecule has 124 valence electrons. The van der Waals surface area contributed by atoms with E-state index in [2.05, 4.69) is 5.32 Å². The molecule has 1 aliphatic rings. The van der Waals surface area contributed by atoms with Gasteiger partial charge < -0.3 is 10.2 Å². The fourth-order valence-electron chi connectivity index (χ4n) is 2.87. The monoisotopic (exact) mass is 326 g/mol. The third kappa shape index (κ3) is 3.02. The van der Waals surface area contributed by atoms with Crippen LogP contribution in [0, 0.1) is 12.7 Å². The molecule has 1 heterocycles. The summed E-state index contributed by atoms with van der Waals surface area (Å²) in [5, 5.41) is 2.70. The minimum atomic E-state index is -0.351. The van der Waals surface area contributed by atoms with Gasteiger partial charge in [-0.15, -0.1) is 0 Å². The van der Waals surface area contributed by atoms with Gasteiger partial charge in [-0.25, -0.2) is 4.39 Å². The minimum absolute atomic E-state index is 0.0843. The normalized spacial score (nSPS) is 12.9. The van der Waals surface area contributed by atoms with E-state index in [1.807, 2.05) is 6.92 Å². The van der Waals surface area contributed by atoms with Crippen molar-refractivity contribution in [2.45, 2.75) is 26.7 Å². The molecule has 0 bridgehead atoms. The van der Waals surface area contributed by atoms with Crippen molar-refractivity contribution in [2.24, 2.45) is 0 Å². The van der Waals surface area contributed by atoms with Gasteiger partial charge >= 0.3 is 0 Å². The van der Waals surface area contributed by atoms with E-state index >= 15 is 0 Å². The SMILES string of the molecule is CCC(=O)N1CCc2cc(C(=O)Nc3ccc(C)c(F)c3)ccc21. The lowest BCUT2D eigenvalue weighted by molar-refractivity contribution is -0.118. The third-order valence-corrected chi connectivity index (χ3v) is 4.27. The van der Waals surface area contributed by atoms with E-state index in [0.717, 1.165) is 17.7 Å². The van der Waals surface area contributed by atoms with Crippen LogP contribution in [0.15, 0.2) is 36.4 Å². The zero-order valence-corrected chi connectivity index (χ0v) is 13.7. The predicted molar refractivity (Wildman–Crippen MR) is 91.9 cm³/mol. The average Bonchev–Trinajstić information content (AvgIpc) is 3.00. The van der Waals surface area contributed by atoms with Crippen molar-refractivity contribution in [2.75, 3.05) is 16.8 Å². The summed E-state index contributed by atoms with van der Waals surface area (Å²) in [4.78, 5) is 26.0. The first-order chi connectivity index (χ1) is 11.5. The first kappa shape index (κ1) is 16.2. The van der Waals surface area contributed by atoms with Crippen LogP contribution in [0.3, 0.4) is 0 Å². The van der Waals surface area contributed by atoms with Crippen LogP contribution < -0.4 is 10.2 Å². The second kappa shape index (κ2) is 6.43. The molecule has 5 heteroatoms. The fraction of sp³-hybridized carbons (Fsp3) is 0.263. The van der Waals surface area contributed by atoms with Gasteiger partial charge in [0.15, 0.2) is 0 Å². The van der Waals surface area contributed by atoms with Gasteiger partial charge in [0.05, 0.1) is 0 Å². The Morgan fingerprint density at radius 1 is 1.21 bits per heavy atom. The number of amides is 2. The second-order valence-electron chi connectivity index (χ2n) is 5.91. The van der Waals surface area contributed by atoms with Crippen LogP contribution in [0.2, 0.25) is 0 Å². The van der Waals surface area contributed by atoms with Crippen LogP contribution in [-0.2, 0) is 11.2 Å². The van der Waals surface area contributed by atoms with Gasteiger partial charge in [-0.3, -0.25) is 9.59 Å². The van der Waals surface area contributed by atoms with Crippen LogP contribution in [0.25, 0.3) is 0 Å². The largest absolute Gasteiger partial charge is 0.322 e. The summed E-state index contributed by atoms with van der Waals surface area (Å²) in [5.41, 5.74) is 3.32. The number of rotatable bonds is 3. The minimum Gasteiger partial charge on any atom is -0.322 e. The van der Waals surface area contributed by atoms with Crippen molar-refractivity contribution in [1.82, 2.24) is 0 Å². The Bertz CT molecular complexity index is 817. The Morgan fingerprint density at radius 3 is 2.71 bits per heavy atom. The van der Waals surface area contributed by atoms with E-state index < -0.39 is 0 Å². The van der Waals surface area contributed by atoms with E-state index in [0.29, 0.717) is 29.8 Å². The molecular weight excluding hydrogens is 307 g/mol. The maximum atomic E-state index is 13.6. The van der Waals surface area contributed by atoms with Gasteiger partial charge in [-0.05, 0) is 54.8 Å². The van der Waals surface area contributed by atoms with Gasteiger partial charge in [0.25, 0.3) is 5.91 Å². The predicted octanol–water partition coefficient (Wildman–Crippen LogP) is 3.69. The van der Waals surface area contributed by atoms with Gasteiger partial charge in [-0.1, -0.05) is 13.0 Å². The summed E-state index contributed by atoms with van der Waals surface area (Å²) in [7, 11) is 0. The van der Waals surface area contributed by atoms with Crippen molar-refractivity contribution in [3.63, 3.8) is 0 Å². The first-order valence-corrected chi connectivity index (χ1v) is 8.00. The maximum absolute atomic E-state index is 13.6. The lowest BCUT2D eigenvalue weighted by Gasteiger charge is -2.16. The number of hydrogen-bond donors (Lipinski definition) is 1. The van der Waals surface area contributed by atoms with Crippen molar-refractivity contribution in [1.29, 1.82) is 0 Å². The maximum Gasteiger partial charge on any atom is 0.255 e. The molecule has 3 rings (SSSR count). The average molecular weight is 326 g/mol. The highest BCUT2D eigenvalue weighted by Crippen LogP contribution is 2.29. The van der Waals surface area contributed by atoms with Crippen molar-refractivity contribution >= 4 is 23.2 Å². The number of hydrogen-bond acceptors (Lipinski definition) is 2. The molecule has 0 unspecified atom stereocenters. The van der Waals surface area contributed by atoms with E-state index in [4.69, 9.17) is 0 Å². The number of carbonyl (C=O) groups excluding carboxylic acids is 2. The second-order valence-corrected chi connectivity index (χ2v) is 5.91. The Balaban J connectivity index is 1.79. The number of benzene rings is 2. The van der Waals surface area contributed by atoms with E-state index in [1.165, 1.54) is 6.07 Å². The van der Waals surface area contributed by atoms with Crippen LogP contribution >= 0.6 is 0 Å². The summed E-state index contributed by atoms with van der Waals surface area (Å²) in [6.07, 6.45) is 1.20. The highest BCUT2D eigenvalue weighted by atomic mass is 19.1. The molecule has 2 aromatic carbocycles. The molecule has 4 nitrogen and oxygen atoms in total. The summed E-state index contributed by atoms with van der Waals surface area (Å²) in [6, 6.07) is 9.91. The van der Waals surface area contributed by atoms with Crippen molar-refractivity contribution < 1.29 is 14.0 Å². The van der Waals surface area contributed by atoms with Crippen LogP contribution in [0.1, 0.15) is 34.8 Å². The zero-order valence-electron chi connectivity index (χ0n) is 13.7. The molecule has 24 heavy (non-hydrogen) atoms. The molecule has 0 radical (unpaired) electrons. The first-order valence-electron chi connectivity index (χ1n) is 8.00. The molecule has 0 aromatic heterocycles. The number of aryl methyl sites for hydroxylation is 1. The summed E-state index contributed by atoms with van der Waals surface area (Å²) < 4.78 is 13.6. The zero-order chi connectivity index (χ0) is 17.3. The number of nitrogens with zero attached hydrogens (tertiary/aromatic N) is 1. The van der Waals surface area contributed by atoms with Crippen molar-refractivity contribution in [3.05, 3.63) is 58.9 Å². The molecule has 2 aromatic rings. The van der Waals surface area contributed by atoms with Gasteiger partial charge in [0, 0.05) is 29.9 Å². The van der Waals surface area contributed by atoms with Crippen LogP contribution in [-0.4, -0.2) is 18.4 Å². The molecule has 0 aliphatic carbocycles. The topological polar surface area (TPSA) is 49.4 Å². The Labute approximate surface area is 140 Å². The van der Waals surface area contributed by atoms with Crippen LogP contribution in [0.5, 0.6) is 0 Å². The molecular formula is C19H19FN2O2. The van der Waals surface area contributed by atoms with Gasteiger partial charge in [0.1, 0.15) is 5.82 Å². The van der Waals surface area contributed by atoms with E-state index in [9.17, 15) is 14.0 Å². The standard InChI is InChI=1S/C19H19FN2O2/c1-3-18(23)22-9-8-13-10-14(5-7-17(13)22)19(24)21-15-6-4-12(2)16(20)11-15/h4-7,10-11H,3,8-9H2,1-2H3,(H,21,24). The number of anilines is 2. The number of carbonyl (C=O) groups is 2. The Hall–Kier alpha value is -2.69. The number of nitrogens with one attached hydrogen (secondary N) is 1. The highest BCUT2D eigenvalue weighted by Gasteiger charge is 2.24. The third-order valence-electron chi connectivity index (χ3n) is 4.27. The highest BCUT2D eigenvalue weighted by molar-refractivity contribution is 6.05. The summed E-state index contributed by atoms with van der Waals surface area (Å²) in [5.74, 6) is -0.558. The fourth-order valence-corrected chi connectivity index (χ4v) is 2.87. The summed E-state index contributed by atoms with van der Waals surface area (Å²) in [6.45, 7) is 4.16. The van der Waals surface area contributed by atoms with E-state index in [1.54, 1.807) is 42.2 Å². The molecule has 2 amide bonds. The number of fused-ring (bicyclic) bond motifs is 1. The molecule has 0 fully saturated rings. The van der Waals surface area contributed by atoms with Gasteiger partial charge in [0.2, 0.25) is 5.91 Å². The van der Waals surface area contributed by atoms with E-state index in [-0.39, 0.29) is 17.6 Å². The quantitative estimate of drug-likeness (QED) is 0.935. The summed E-state index contributed by atoms with van der Waals surface area (Å²) >= 11 is 0. The molecule has 0 saturated carbocycles. The Kier molecular flexibility index (Phi) is 4.34. The molecule has 1 aliphatic heterocycles. The van der Waals surface area contributed by atoms with Crippen LogP contribution in [0.4, 0.5) is 15.8 Å². The smallest absolute Gasteiger partial charge is 0.255 e. The molecule has 1 N–H and O–H groups in total. The molecule has 0 spiro atoms. The molecule has 0 saturated heterocycles. The van der Waals surface area contributed by atoms with Gasteiger partial charge in [-0.2, -0.15) is 0 Å². The lowest BCUT2D eigenvalue weighted by atomic mass is 10.1. The number of halogens is 1. The Morgan fingerprint density at radius 2 is 2.00 bits per heavy atom. The molecule has 0 atom stereocenters. The van der Waals surface area contributed by atoms with Crippen molar-refractivity contribution in [3.8, 4) is 0 Å².